The van der Waals surface area contributed by atoms with Gasteiger partial charge in [-0.3, -0.25) is 0 Å². The third-order valence-electron chi connectivity index (χ3n) is 3.91. The average molecular weight is 355 g/mol. The number of anilines is 1. The Morgan fingerprint density at radius 3 is 2.65 bits per heavy atom. The lowest BCUT2D eigenvalue weighted by Crippen LogP contribution is -2.06. The van der Waals surface area contributed by atoms with Gasteiger partial charge in [0.15, 0.2) is 0 Å². The van der Waals surface area contributed by atoms with Crippen molar-refractivity contribution in [2.45, 2.75) is 41.0 Å². The third-order valence-corrected chi connectivity index (χ3v) is 3.91. The number of aryl methyl sites for hydroxylation is 1. The summed E-state index contributed by atoms with van der Waals surface area (Å²) in [7, 11) is 0. The smallest absolute Gasteiger partial charge is 0.257 e. The van der Waals surface area contributed by atoms with Gasteiger partial charge in [-0.2, -0.15) is 9.50 Å². The predicted molar refractivity (Wildman–Crippen MR) is 107 cm³/mol. The fourth-order valence-electron chi connectivity index (χ4n) is 2.17. The van der Waals surface area contributed by atoms with E-state index < -0.39 is 0 Å². The first-order chi connectivity index (χ1) is 12.2. The summed E-state index contributed by atoms with van der Waals surface area (Å²) in [5.74, 6) is 1.69. The van der Waals surface area contributed by atoms with Crippen LogP contribution in [0.2, 0.25) is 0 Å². The predicted octanol–water partition coefficient (Wildman–Crippen LogP) is 4.35. The molecule has 0 atom stereocenters. The molecule has 6 heteroatoms. The van der Waals surface area contributed by atoms with E-state index in [0.717, 1.165) is 23.3 Å². The Hall–Kier alpha value is -2.63. The molecule has 2 rings (SSSR count). The molecule has 0 radical (unpaired) electrons. The van der Waals surface area contributed by atoms with Gasteiger partial charge in [0.2, 0.25) is 11.8 Å². The zero-order chi connectivity index (χ0) is 19.3. The maximum Gasteiger partial charge on any atom is 0.257 e. The number of nitrogens with one attached hydrogen (secondary N) is 1. The van der Waals surface area contributed by atoms with Crippen LogP contribution in [-0.4, -0.2) is 32.7 Å². The van der Waals surface area contributed by atoms with Crippen LogP contribution in [0.25, 0.3) is 5.78 Å². The molecule has 2 aromatic rings. The number of ether oxygens (including phenoxy) is 1. The maximum absolute atomic E-state index is 5.60. The molecule has 0 amide bonds. The van der Waals surface area contributed by atoms with Gasteiger partial charge < -0.3 is 10.1 Å². The highest BCUT2D eigenvalue weighted by molar-refractivity contribution is 5.41. The molecule has 0 aliphatic rings. The van der Waals surface area contributed by atoms with Gasteiger partial charge in [0.25, 0.3) is 5.78 Å². The average Bonchev–Trinajstić information content (AvgIpc) is 2.94. The van der Waals surface area contributed by atoms with Crippen molar-refractivity contribution in [1.82, 2.24) is 19.6 Å². The lowest BCUT2D eigenvalue weighted by Gasteiger charge is -2.18. The first-order valence-corrected chi connectivity index (χ1v) is 8.87. The van der Waals surface area contributed by atoms with E-state index in [1.807, 2.05) is 32.1 Å². The van der Waals surface area contributed by atoms with Crippen molar-refractivity contribution < 1.29 is 4.74 Å². The number of nitrogens with zero attached hydrogens (tertiary/aromatic N) is 4. The van der Waals surface area contributed by atoms with Crippen molar-refractivity contribution >= 4 is 11.7 Å². The van der Waals surface area contributed by atoms with E-state index in [-0.39, 0.29) is 5.41 Å². The second-order valence-electron chi connectivity index (χ2n) is 7.26. The summed E-state index contributed by atoms with van der Waals surface area (Å²) >= 11 is 0. The first kappa shape index (κ1) is 19.7. The Labute approximate surface area is 155 Å². The summed E-state index contributed by atoms with van der Waals surface area (Å²) in [6.45, 7) is 19.7. The normalized spacial score (nSPS) is 11.9. The lowest BCUT2D eigenvalue weighted by molar-refractivity contribution is 0.317. The summed E-state index contributed by atoms with van der Waals surface area (Å²) in [5.41, 5.74) is 3.02. The highest BCUT2D eigenvalue weighted by atomic mass is 16.5. The molecule has 140 valence electrons. The Kier molecular flexibility index (Phi) is 6.18. The van der Waals surface area contributed by atoms with Crippen LogP contribution in [0.4, 0.5) is 5.95 Å². The number of hydrogen-bond donors (Lipinski definition) is 1. The van der Waals surface area contributed by atoms with Gasteiger partial charge in [-0.1, -0.05) is 51.7 Å². The van der Waals surface area contributed by atoms with Gasteiger partial charge >= 0.3 is 0 Å². The van der Waals surface area contributed by atoms with E-state index in [4.69, 9.17) is 4.74 Å². The van der Waals surface area contributed by atoms with E-state index in [1.54, 1.807) is 4.52 Å². The second-order valence-corrected chi connectivity index (χ2v) is 7.26. The van der Waals surface area contributed by atoms with E-state index in [0.29, 0.717) is 30.8 Å². The molecule has 0 saturated carbocycles. The second kappa shape index (κ2) is 8.17. The summed E-state index contributed by atoms with van der Waals surface area (Å²) in [6.07, 6.45) is 4.84. The lowest BCUT2D eigenvalue weighted by atomic mass is 9.87. The van der Waals surface area contributed by atoms with Crippen LogP contribution < -0.4 is 10.1 Å². The Morgan fingerprint density at radius 1 is 1.27 bits per heavy atom. The minimum Gasteiger partial charge on any atom is -0.478 e. The molecule has 0 aliphatic heterocycles. The highest BCUT2D eigenvalue weighted by Crippen LogP contribution is 2.24. The van der Waals surface area contributed by atoms with E-state index >= 15 is 0 Å². The van der Waals surface area contributed by atoms with Gasteiger partial charge in [0.1, 0.15) is 0 Å². The molecule has 0 unspecified atom stereocenters. The summed E-state index contributed by atoms with van der Waals surface area (Å²) in [5, 5.41) is 7.64. The molecular formula is C20H29N5O. The zero-order valence-corrected chi connectivity index (χ0v) is 16.5. The molecule has 0 fully saturated rings. The van der Waals surface area contributed by atoms with E-state index in [1.165, 1.54) is 0 Å². The van der Waals surface area contributed by atoms with Gasteiger partial charge in [-0.05, 0) is 31.3 Å². The van der Waals surface area contributed by atoms with E-state index in [9.17, 15) is 0 Å². The first-order valence-electron chi connectivity index (χ1n) is 8.87. The van der Waals surface area contributed by atoms with Gasteiger partial charge in [0.05, 0.1) is 6.61 Å². The van der Waals surface area contributed by atoms with Crippen molar-refractivity contribution in [1.29, 1.82) is 0 Å². The number of rotatable bonds is 8. The van der Waals surface area contributed by atoms with Gasteiger partial charge in [-0.15, -0.1) is 5.10 Å². The topological polar surface area (TPSA) is 64.3 Å². The molecular weight excluding hydrogens is 326 g/mol. The van der Waals surface area contributed by atoms with Crippen molar-refractivity contribution in [2.24, 2.45) is 5.41 Å². The van der Waals surface area contributed by atoms with Crippen LogP contribution in [0, 0.1) is 12.3 Å². The van der Waals surface area contributed by atoms with Crippen molar-refractivity contribution in [2.75, 3.05) is 18.5 Å². The summed E-state index contributed by atoms with van der Waals surface area (Å²) in [4.78, 5) is 8.79. The molecule has 2 aromatic heterocycles. The van der Waals surface area contributed by atoms with Crippen LogP contribution in [0.15, 0.2) is 42.5 Å². The Morgan fingerprint density at radius 2 is 2.00 bits per heavy atom. The SMILES string of the molecule is C=C(/C=C\C(=C)C(C)(C)C)CCNc1nc2nc(C)cc(OCC)n2n1. The maximum atomic E-state index is 5.60. The number of allylic oxidation sites excluding steroid dienone is 3. The summed E-state index contributed by atoms with van der Waals surface area (Å²) < 4.78 is 7.21. The molecule has 1 N–H and O–H groups in total. The molecule has 0 spiro atoms. The number of aromatic nitrogens is 4. The van der Waals surface area contributed by atoms with Gasteiger partial charge in [-0.25, -0.2) is 4.98 Å². The van der Waals surface area contributed by atoms with Gasteiger partial charge in [0, 0.05) is 18.3 Å². The fourth-order valence-corrected chi connectivity index (χ4v) is 2.17. The van der Waals surface area contributed by atoms with Crippen LogP contribution in [0.5, 0.6) is 5.88 Å². The fraction of sp³-hybridized carbons (Fsp3) is 0.450. The molecule has 2 heterocycles. The zero-order valence-electron chi connectivity index (χ0n) is 16.5. The monoisotopic (exact) mass is 355 g/mol. The van der Waals surface area contributed by atoms with Crippen molar-refractivity contribution in [3.63, 3.8) is 0 Å². The van der Waals surface area contributed by atoms with Crippen LogP contribution in [0.3, 0.4) is 0 Å². The standard InChI is InChI=1S/C20H29N5O/c1-8-26-17-13-16(4)22-19-23-18(24-25(17)19)21-12-11-14(2)9-10-15(3)20(5,6)7/h9-10,13H,2-3,8,11-12H2,1,4-7H3,(H,21,24)/b10-9-. The number of hydrogen-bond acceptors (Lipinski definition) is 5. The molecule has 6 nitrogen and oxygen atoms in total. The largest absolute Gasteiger partial charge is 0.478 e. The molecule has 26 heavy (non-hydrogen) atoms. The molecule has 0 saturated heterocycles. The Bertz CT molecular complexity index is 827. The minimum atomic E-state index is 0.0683. The van der Waals surface area contributed by atoms with Crippen LogP contribution in [0.1, 0.15) is 39.8 Å². The van der Waals surface area contributed by atoms with E-state index in [2.05, 4.69) is 54.3 Å². The summed E-state index contributed by atoms with van der Waals surface area (Å²) in [6, 6.07) is 1.85. The quantitative estimate of drug-likeness (QED) is 0.713. The highest BCUT2D eigenvalue weighted by Gasteiger charge is 2.12. The minimum absolute atomic E-state index is 0.0683. The Balaban J connectivity index is 1.96. The number of fused-ring (bicyclic) bond motifs is 1. The molecule has 0 bridgehead atoms. The molecule has 0 aliphatic carbocycles. The van der Waals surface area contributed by atoms with Crippen LogP contribution >= 0.6 is 0 Å². The van der Waals surface area contributed by atoms with Crippen molar-refractivity contribution in [3.8, 4) is 5.88 Å². The van der Waals surface area contributed by atoms with Crippen molar-refractivity contribution in [3.05, 3.63) is 48.2 Å². The van der Waals surface area contributed by atoms with Crippen LogP contribution in [-0.2, 0) is 0 Å². The molecule has 0 aromatic carbocycles. The third kappa shape index (κ3) is 5.18.